The number of carbonyl (C=O) groups is 1. The summed E-state index contributed by atoms with van der Waals surface area (Å²) in [5, 5.41) is 2.98. The third-order valence-corrected chi connectivity index (χ3v) is 4.14. The molecule has 0 aliphatic rings. The van der Waals surface area contributed by atoms with Crippen LogP contribution in [0.1, 0.15) is 23.9 Å². The van der Waals surface area contributed by atoms with Crippen LogP contribution in [0.5, 0.6) is 0 Å². The van der Waals surface area contributed by atoms with Gasteiger partial charge in [-0.1, -0.05) is 25.1 Å². The van der Waals surface area contributed by atoms with E-state index in [1.165, 1.54) is 11.1 Å². The molecule has 2 aromatic carbocycles. The molecule has 118 valence electrons. The number of carbonyl (C=O) groups excluding carboxylic acids is 1. The fourth-order valence-electron chi connectivity index (χ4n) is 2.74. The molecule has 0 fully saturated rings. The maximum absolute atomic E-state index is 12.4. The van der Waals surface area contributed by atoms with Gasteiger partial charge < -0.3 is 9.88 Å². The van der Waals surface area contributed by atoms with E-state index in [-0.39, 0.29) is 12.5 Å². The number of aryl methyl sites for hydroxylation is 3. The van der Waals surface area contributed by atoms with Crippen molar-refractivity contribution in [3.8, 4) is 0 Å². The number of para-hydroxylation sites is 2. The normalized spacial score (nSPS) is 10.9. The Balaban J connectivity index is 1.83. The lowest BCUT2D eigenvalue weighted by molar-refractivity contribution is -0.116. The number of hydrogen-bond acceptors (Lipinski definition) is 2. The van der Waals surface area contributed by atoms with Crippen LogP contribution >= 0.6 is 0 Å². The highest BCUT2D eigenvalue weighted by atomic mass is 16.1. The first-order valence-corrected chi connectivity index (χ1v) is 7.89. The van der Waals surface area contributed by atoms with Gasteiger partial charge in [0, 0.05) is 12.1 Å². The third kappa shape index (κ3) is 3.11. The highest BCUT2D eigenvalue weighted by Gasteiger charge is 2.12. The van der Waals surface area contributed by atoms with Crippen LogP contribution in [0.15, 0.2) is 42.5 Å². The highest BCUT2D eigenvalue weighted by molar-refractivity contribution is 5.91. The van der Waals surface area contributed by atoms with Gasteiger partial charge in [-0.05, 0) is 49.2 Å². The summed E-state index contributed by atoms with van der Waals surface area (Å²) in [6.45, 7) is 6.44. The Morgan fingerprint density at radius 3 is 2.65 bits per heavy atom. The number of benzene rings is 2. The van der Waals surface area contributed by atoms with E-state index >= 15 is 0 Å². The molecular formula is C19H21N3O. The van der Waals surface area contributed by atoms with E-state index in [9.17, 15) is 4.79 Å². The van der Waals surface area contributed by atoms with Crippen LogP contribution in [0.2, 0.25) is 0 Å². The molecule has 3 aromatic rings. The summed E-state index contributed by atoms with van der Waals surface area (Å²) in [4.78, 5) is 17.0. The number of fused-ring (bicyclic) bond motifs is 1. The number of rotatable bonds is 4. The molecule has 3 rings (SSSR count). The first-order chi connectivity index (χ1) is 11.1. The van der Waals surface area contributed by atoms with E-state index < -0.39 is 0 Å². The highest BCUT2D eigenvalue weighted by Crippen LogP contribution is 2.18. The summed E-state index contributed by atoms with van der Waals surface area (Å²) in [6, 6.07) is 13.9. The number of nitrogens with zero attached hydrogens (tertiary/aromatic N) is 2. The molecule has 1 amide bonds. The van der Waals surface area contributed by atoms with Crippen LogP contribution in [-0.4, -0.2) is 15.5 Å². The van der Waals surface area contributed by atoms with E-state index in [1.54, 1.807) is 0 Å². The van der Waals surface area contributed by atoms with Crippen molar-refractivity contribution in [3.63, 3.8) is 0 Å². The number of hydrogen-bond donors (Lipinski definition) is 1. The third-order valence-electron chi connectivity index (χ3n) is 4.14. The molecule has 0 aliphatic carbocycles. The van der Waals surface area contributed by atoms with E-state index in [1.807, 2.05) is 54.0 Å². The Bertz CT molecular complexity index is 864. The zero-order valence-electron chi connectivity index (χ0n) is 13.8. The first-order valence-electron chi connectivity index (χ1n) is 7.89. The van der Waals surface area contributed by atoms with Crippen LogP contribution in [0.4, 0.5) is 5.69 Å². The topological polar surface area (TPSA) is 46.9 Å². The Morgan fingerprint density at radius 2 is 1.91 bits per heavy atom. The predicted molar refractivity (Wildman–Crippen MR) is 93.7 cm³/mol. The average Bonchev–Trinajstić information content (AvgIpc) is 2.89. The van der Waals surface area contributed by atoms with Crippen molar-refractivity contribution in [2.45, 2.75) is 33.7 Å². The fraction of sp³-hybridized carbons (Fsp3) is 0.263. The van der Waals surface area contributed by atoms with Gasteiger partial charge in [0.2, 0.25) is 5.91 Å². The number of amides is 1. The van der Waals surface area contributed by atoms with Gasteiger partial charge in [-0.3, -0.25) is 4.79 Å². The van der Waals surface area contributed by atoms with Crippen LogP contribution in [0.25, 0.3) is 11.0 Å². The van der Waals surface area contributed by atoms with E-state index in [4.69, 9.17) is 0 Å². The standard InChI is InChI=1S/C19H21N3O/c1-4-18-21-16-7-5-6-8-17(16)22(18)12-19(23)20-15-10-9-13(2)14(3)11-15/h5-11H,4,12H2,1-3H3,(H,20,23). The molecule has 1 heterocycles. The molecule has 0 atom stereocenters. The van der Waals surface area contributed by atoms with Crippen molar-refractivity contribution in [1.82, 2.24) is 9.55 Å². The first kappa shape index (κ1) is 15.3. The van der Waals surface area contributed by atoms with Crippen molar-refractivity contribution < 1.29 is 4.79 Å². The molecule has 1 aromatic heterocycles. The zero-order chi connectivity index (χ0) is 16.4. The summed E-state index contributed by atoms with van der Waals surface area (Å²) in [5.41, 5.74) is 5.16. The molecule has 0 radical (unpaired) electrons. The van der Waals surface area contributed by atoms with Gasteiger partial charge in [-0.2, -0.15) is 0 Å². The van der Waals surface area contributed by atoms with Crippen molar-refractivity contribution in [2.75, 3.05) is 5.32 Å². The molecule has 4 nitrogen and oxygen atoms in total. The lowest BCUT2D eigenvalue weighted by atomic mass is 10.1. The van der Waals surface area contributed by atoms with Crippen LogP contribution in [0.3, 0.4) is 0 Å². The molecule has 0 saturated carbocycles. The van der Waals surface area contributed by atoms with E-state index in [0.29, 0.717) is 0 Å². The minimum Gasteiger partial charge on any atom is -0.325 e. The molecule has 0 bridgehead atoms. The Kier molecular flexibility index (Phi) is 4.15. The second kappa shape index (κ2) is 6.24. The van der Waals surface area contributed by atoms with Gasteiger partial charge >= 0.3 is 0 Å². The van der Waals surface area contributed by atoms with Crippen LogP contribution in [0, 0.1) is 13.8 Å². The fourth-order valence-corrected chi connectivity index (χ4v) is 2.74. The largest absolute Gasteiger partial charge is 0.325 e. The van der Waals surface area contributed by atoms with Gasteiger partial charge in [0.25, 0.3) is 0 Å². The van der Waals surface area contributed by atoms with Gasteiger partial charge in [-0.15, -0.1) is 0 Å². The van der Waals surface area contributed by atoms with Crippen molar-refractivity contribution in [3.05, 3.63) is 59.4 Å². The minimum absolute atomic E-state index is 0.0360. The van der Waals surface area contributed by atoms with Gasteiger partial charge in [0.05, 0.1) is 11.0 Å². The smallest absolute Gasteiger partial charge is 0.244 e. The van der Waals surface area contributed by atoms with Crippen molar-refractivity contribution in [2.24, 2.45) is 0 Å². The summed E-state index contributed by atoms with van der Waals surface area (Å²) >= 11 is 0. The SMILES string of the molecule is CCc1nc2ccccc2n1CC(=O)Nc1ccc(C)c(C)c1. The van der Waals surface area contributed by atoms with Crippen LogP contribution in [-0.2, 0) is 17.8 Å². The summed E-state index contributed by atoms with van der Waals surface area (Å²) in [5.74, 6) is 0.896. The summed E-state index contributed by atoms with van der Waals surface area (Å²) in [6.07, 6.45) is 0.797. The number of nitrogens with one attached hydrogen (secondary N) is 1. The van der Waals surface area contributed by atoms with Crippen molar-refractivity contribution >= 4 is 22.6 Å². The zero-order valence-corrected chi connectivity index (χ0v) is 13.8. The Labute approximate surface area is 136 Å². The Hall–Kier alpha value is -2.62. The maximum Gasteiger partial charge on any atom is 0.244 e. The van der Waals surface area contributed by atoms with Crippen LogP contribution < -0.4 is 5.32 Å². The molecule has 0 spiro atoms. The molecule has 0 saturated heterocycles. The van der Waals surface area contributed by atoms with Gasteiger partial charge in [0.15, 0.2) is 0 Å². The summed E-state index contributed by atoms with van der Waals surface area (Å²) < 4.78 is 1.99. The molecule has 23 heavy (non-hydrogen) atoms. The lowest BCUT2D eigenvalue weighted by Gasteiger charge is -2.10. The van der Waals surface area contributed by atoms with E-state index in [0.717, 1.165) is 29.0 Å². The number of aromatic nitrogens is 2. The molecule has 4 heteroatoms. The van der Waals surface area contributed by atoms with Crippen molar-refractivity contribution in [1.29, 1.82) is 0 Å². The predicted octanol–water partition coefficient (Wildman–Crippen LogP) is 3.85. The Morgan fingerprint density at radius 1 is 1.13 bits per heavy atom. The summed E-state index contributed by atoms with van der Waals surface area (Å²) in [7, 11) is 0. The molecule has 0 aliphatic heterocycles. The minimum atomic E-state index is -0.0360. The van der Waals surface area contributed by atoms with Gasteiger partial charge in [-0.25, -0.2) is 4.98 Å². The average molecular weight is 307 g/mol. The van der Waals surface area contributed by atoms with E-state index in [2.05, 4.69) is 24.1 Å². The number of anilines is 1. The lowest BCUT2D eigenvalue weighted by Crippen LogP contribution is -2.20. The monoisotopic (exact) mass is 307 g/mol. The second-order valence-corrected chi connectivity index (χ2v) is 5.80. The second-order valence-electron chi connectivity index (χ2n) is 5.80. The molecule has 0 unspecified atom stereocenters. The quantitative estimate of drug-likeness (QED) is 0.795. The molecular weight excluding hydrogens is 286 g/mol. The maximum atomic E-state index is 12.4. The number of imidazole rings is 1. The molecule has 1 N–H and O–H groups in total. The van der Waals surface area contributed by atoms with Gasteiger partial charge in [0.1, 0.15) is 12.4 Å².